The summed E-state index contributed by atoms with van der Waals surface area (Å²) in [4.78, 5) is 28.4. The van der Waals surface area contributed by atoms with Gasteiger partial charge in [0.05, 0.1) is 0 Å². The number of halogens is 1. The van der Waals surface area contributed by atoms with E-state index in [1.165, 1.54) is 4.90 Å². The fourth-order valence-corrected chi connectivity index (χ4v) is 2.67. The van der Waals surface area contributed by atoms with Gasteiger partial charge in [-0.25, -0.2) is 0 Å². The van der Waals surface area contributed by atoms with Gasteiger partial charge in [0.2, 0.25) is 0 Å². The first-order chi connectivity index (χ1) is 10.0. The maximum atomic E-state index is 12.6. The summed E-state index contributed by atoms with van der Waals surface area (Å²) < 4.78 is 0. The molecule has 6 heteroatoms. The van der Waals surface area contributed by atoms with E-state index >= 15 is 0 Å². The van der Waals surface area contributed by atoms with Crippen LogP contribution in [0.15, 0.2) is 30.3 Å². The van der Waals surface area contributed by atoms with Crippen molar-refractivity contribution in [3.05, 3.63) is 41.5 Å². The van der Waals surface area contributed by atoms with Crippen molar-refractivity contribution in [2.75, 3.05) is 32.9 Å². The van der Waals surface area contributed by atoms with Crippen molar-refractivity contribution < 1.29 is 9.59 Å². The van der Waals surface area contributed by atoms with E-state index in [4.69, 9.17) is 5.73 Å². The fraction of sp³-hybridized carbons (Fsp3) is 0.250. The van der Waals surface area contributed by atoms with Crippen LogP contribution in [-0.2, 0) is 0 Å². The number of benzene rings is 2. The lowest BCUT2D eigenvalue weighted by Gasteiger charge is -2.28. The molecule has 2 aromatic rings. The Morgan fingerprint density at radius 2 is 1.68 bits per heavy atom. The number of nitrogens with two attached hydrogens (primary N) is 1. The van der Waals surface area contributed by atoms with Crippen LogP contribution < -0.4 is 5.73 Å². The van der Waals surface area contributed by atoms with E-state index in [9.17, 15) is 9.59 Å². The number of hydrogen-bond donors (Lipinski definition) is 1. The number of imide groups is 1. The molecule has 0 saturated heterocycles. The molecule has 1 aliphatic rings. The molecular weight excluding hydrogens is 302 g/mol. The van der Waals surface area contributed by atoms with E-state index < -0.39 is 0 Å². The molecular formula is C16H18ClN3O2. The molecule has 0 atom stereocenters. The molecule has 0 fully saturated rings. The summed E-state index contributed by atoms with van der Waals surface area (Å²) in [5, 5.41) is 1.44. The highest BCUT2D eigenvalue weighted by Gasteiger charge is 2.32. The maximum absolute atomic E-state index is 12.6. The monoisotopic (exact) mass is 319 g/mol. The van der Waals surface area contributed by atoms with Gasteiger partial charge in [-0.2, -0.15) is 0 Å². The van der Waals surface area contributed by atoms with Crippen LogP contribution in [0.3, 0.4) is 0 Å². The number of anilines is 1. The minimum Gasteiger partial charge on any atom is -0.398 e. The van der Waals surface area contributed by atoms with Crippen molar-refractivity contribution in [1.29, 1.82) is 0 Å². The lowest BCUT2D eigenvalue weighted by molar-refractivity contribution is 0.0601. The van der Waals surface area contributed by atoms with Crippen LogP contribution in [0, 0.1) is 0 Å². The summed E-state index contributed by atoms with van der Waals surface area (Å²) in [6.07, 6.45) is 0. The average Bonchev–Trinajstić information content (AvgIpc) is 2.45. The fourth-order valence-electron chi connectivity index (χ4n) is 2.67. The number of carbonyl (C=O) groups excluding carboxylic acids is 2. The third-order valence-electron chi connectivity index (χ3n) is 3.80. The molecule has 0 aromatic heterocycles. The van der Waals surface area contributed by atoms with Crippen LogP contribution >= 0.6 is 12.4 Å². The van der Waals surface area contributed by atoms with Gasteiger partial charge in [-0.05, 0) is 32.3 Å². The summed E-state index contributed by atoms with van der Waals surface area (Å²) in [6, 6.07) is 8.82. The Morgan fingerprint density at radius 3 is 2.32 bits per heavy atom. The van der Waals surface area contributed by atoms with Gasteiger partial charge in [-0.15, -0.1) is 12.4 Å². The van der Waals surface area contributed by atoms with E-state index in [-0.39, 0.29) is 24.2 Å². The number of nitrogens with zero attached hydrogens (tertiary/aromatic N) is 2. The minimum absolute atomic E-state index is 0. The molecule has 1 aliphatic heterocycles. The third-order valence-corrected chi connectivity index (χ3v) is 3.80. The summed E-state index contributed by atoms with van der Waals surface area (Å²) in [6.45, 7) is 1.02. The van der Waals surface area contributed by atoms with E-state index in [1.54, 1.807) is 24.3 Å². The van der Waals surface area contributed by atoms with Gasteiger partial charge in [0, 0.05) is 40.7 Å². The quantitative estimate of drug-likeness (QED) is 0.694. The zero-order valence-corrected chi connectivity index (χ0v) is 13.3. The van der Waals surface area contributed by atoms with Crippen LogP contribution in [0.25, 0.3) is 10.8 Å². The molecule has 0 bridgehead atoms. The van der Waals surface area contributed by atoms with Crippen LogP contribution in [0.4, 0.5) is 5.69 Å². The van der Waals surface area contributed by atoms with Crippen molar-refractivity contribution >= 4 is 40.7 Å². The maximum Gasteiger partial charge on any atom is 0.261 e. The average molecular weight is 320 g/mol. The van der Waals surface area contributed by atoms with Crippen molar-refractivity contribution in [1.82, 2.24) is 9.80 Å². The smallest absolute Gasteiger partial charge is 0.261 e. The van der Waals surface area contributed by atoms with Gasteiger partial charge in [-0.3, -0.25) is 14.5 Å². The Hall–Kier alpha value is -2.11. The molecule has 0 aliphatic carbocycles. The van der Waals surface area contributed by atoms with Gasteiger partial charge in [0.15, 0.2) is 0 Å². The molecule has 0 saturated carbocycles. The zero-order chi connectivity index (χ0) is 15.1. The second-order valence-corrected chi connectivity index (χ2v) is 5.50. The number of hydrogen-bond acceptors (Lipinski definition) is 4. The largest absolute Gasteiger partial charge is 0.398 e. The first kappa shape index (κ1) is 16.3. The molecule has 0 unspecified atom stereocenters. The molecule has 0 radical (unpaired) electrons. The number of rotatable bonds is 3. The van der Waals surface area contributed by atoms with Crippen molar-refractivity contribution in [2.24, 2.45) is 0 Å². The summed E-state index contributed by atoms with van der Waals surface area (Å²) in [7, 11) is 3.82. The number of likely N-dealkylation sites (N-methyl/N-ethyl adjacent to an activating group) is 1. The second-order valence-electron chi connectivity index (χ2n) is 5.50. The van der Waals surface area contributed by atoms with E-state index in [1.807, 2.05) is 25.1 Å². The van der Waals surface area contributed by atoms with Crippen molar-refractivity contribution in [3.63, 3.8) is 0 Å². The second kappa shape index (κ2) is 5.94. The molecule has 2 amide bonds. The van der Waals surface area contributed by atoms with Crippen molar-refractivity contribution in [3.8, 4) is 0 Å². The van der Waals surface area contributed by atoms with E-state index in [0.717, 1.165) is 5.39 Å². The van der Waals surface area contributed by atoms with Gasteiger partial charge >= 0.3 is 0 Å². The van der Waals surface area contributed by atoms with E-state index in [0.29, 0.717) is 35.3 Å². The number of carbonyl (C=O) groups is 2. The Kier molecular flexibility index (Phi) is 4.39. The lowest BCUT2D eigenvalue weighted by Crippen LogP contribution is -2.43. The van der Waals surface area contributed by atoms with E-state index in [2.05, 4.69) is 0 Å². The molecule has 2 aromatic carbocycles. The first-order valence-electron chi connectivity index (χ1n) is 6.83. The Morgan fingerprint density at radius 1 is 1.05 bits per heavy atom. The summed E-state index contributed by atoms with van der Waals surface area (Å²) in [5.41, 5.74) is 7.63. The van der Waals surface area contributed by atoms with Crippen LogP contribution in [-0.4, -0.2) is 48.8 Å². The van der Waals surface area contributed by atoms with Gasteiger partial charge < -0.3 is 10.6 Å². The molecule has 22 heavy (non-hydrogen) atoms. The Labute approximate surface area is 135 Å². The van der Waals surface area contributed by atoms with Crippen LogP contribution in [0.1, 0.15) is 20.7 Å². The summed E-state index contributed by atoms with van der Waals surface area (Å²) >= 11 is 0. The molecule has 1 heterocycles. The molecule has 3 rings (SSSR count). The molecule has 2 N–H and O–H groups in total. The molecule has 0 spiro atoms. The molecule has 5 nitrogen and oxygen atoms in total. The van der Waals surface area contributed by atoms with Crippen LogP contribution in [0.2, 0.25) is 0 Å². The first-order valence-corrected chi connectivity index (χ1v) is 6.83. The van der Waals surface area contributed by atoms with Gasteiger partial charge in [-0.1, -0.05) is 12.1 Å². The van der Waals surface area contributed by atoms with Gasteiger partial charge in [0.1, 0.15) is 0 Å². The lowest BCUT2D eigenvalue weighted by atomic mass is 9.93. The predicted molar refractivity (Wildman–Crippen MR) is 89.5 cm³/mol. The predicted octanol–water partition coefficient (Wildman–Crippen LogP) is 2.00. The summed E-state index contributed by atoms with van der Waals surface area (Å²) in [5.74, 6) is -0.490. The third kappa shape index (κ3) is 2.42. The standard InChI is InChI=1S/C16H17N3O2.ClH/c1-18(2)8-9-19-15(20)11-5-3-4-10-13(17)7-6-12(14(10)11)16(19)21;/h3-7H,8-9,17H2,1-2H3;1H. The van der Waals surface area contributed by atoms with Crippen LogP contribution in [0.5, 0.6) is 0 Å². The highest BCUT2D eigenvalue weighted by Crippen LogP contribution is 2.32. The van der Waals surface area contributed by atoms with Crippen molar-refractivity contribution in [2.45, 2.75) is 0 Å². The highest BCUT2D eigenvalue weighted by molar-refractivity contribution is 6.26. The highest BCUT2D eigenvalue weighted by atomic mass is 35.5. The zero-order valence-electron chi connectivity index (χ0n) is 12.5. The Balaban J connectivity index is 0.00000176. The minimum atomic E-state index is -0.245. The number of amides is 2. The molecule has 116 valence electrons. The normalized spacial score (nSPS) is 13.7. The van der Waals surface area contributed by atoms with Gasteiger partial charge in [0.25, 0.3) is 11.8 Å². The topological polar surface area (TPSA) is 66.6 Å². The SMILES string of the molecule is CN(C)CCN1C(=O)c2cccc3c(N)ccc(c23)C1=O.Cl. The number of nitrogen functional groups attached to an aromatic ring is 1. The Bertz CT molecular complexity index is 736.